The minimum absolute atomic E-state index is 0.234. The van der Waals surface area contributed by atoms with Crippen molar-refractivity contribution in [1.82, 2.24) is 15.3 Å². The van der Waals surface area contributed by atoms with Crippen molar-refractivity contribution in [3.8, 4) is 0 Å². The molecule has 0 aliphatic rings. The average molecular weight is 357 g/mol. The van der Waals surface area contributed by atoms with E-state index < -0.39 is 12.2 Å². The molecule has 1 heterocycles. The number of alkyl halides is 2. The molecule has 3 rings (SSSR count). The van der Waals surface area contributed by atoms with Crippen LogP contribution in [0.4, 0.5) is 8.78 Å². The number of hydrogen-bond donors (Lipinski definition) is 2. The highest BCUT2D eigenvalue weighted by Crippen LogP contribution is 2.24. The topological polar surface area (TPSA) is 57.8 Å². The number of halogens is 2. The van der Waals surface area contributed by atoms with Crippen molar-refractivity contribution in [3.63, 3.8) is 0 Å². The third-order valence-electron chi connectivity index (χ3n) is 4.46. The SMILES string of the molecule is Cc1cccc(C(C)(C)CNC(=O)c2ccc3nc(C(F)F)[nH]c3c2)c1. The van der Waals surface area contributed by atoms with Gasteiger partial charge in [0.2, 0.25) is 0 Å². The van der Waals surface area contributed by atoms with E-state index >= 15 is 0 Å². The Labute approximate surface area is 150 Å². The molecule has 136 valence electrons. The molecule has 0 unspecified atom stereocenters. The maximum atomic E-state index is 12.7. The van der Waals surface area contributed by atoms with Gasteiger partial charge in [-0.25, -0.2) is 13.8 Å². The number of fused-ring (bicyclic) bond motifs is 1. The normalized spacial score (nSPS) is 11.9. The van der Waals surface area contributed by atoms with Crippen LogP contribution in [0.2, 0.25) is 0 Å². The number of hydrogen-bond acceptors (Lipinski definition) is 2. The summed E-state index contributed by atoms with van der Waals surface area (Å²) in [5.41, 5.74) is 3.32. The summed E-state index contributed by atoms with van der Waals surface area (Å²) in [7, 11) is 0. The van der Waals surface area contributed by atoms with Gasteiger partial charge in [0.1, 0.15) is 0 Å². The Bertz CT molecular complexity index is 947. The molecule has 3 aromatic rings. The second-order valence-corrected chi connectivity index (χ2v) is 7.09. The highest BCUT2D eigenvalue weighted by Gasteiger charge is 2.22. The van der Waals surface area contributed by atoms with Gasteiger partial charge in [-0.2, -0.15) is 0 Å². The molecule has 0 radical (unpaired) electrons. The van der Waals surface area contributed by atoms with Crippen LogP contribution in [0.3, 0.4) is 0 Å². The Balaban J connectivity index is 1.74. The number of H-pyrrole nitrogens is 1. The first-order valence-electron chi connectivity index (χ1n) is 8.39. The van der Waals surface area contributed by atoms with Crippen molar-refractivity contribution in [2.45, 2.75) is 32.6 Å². The number of nitrogens with one attached hydrogen (secondary N) is 2. The monoisotopic (exact) mass is 357 g/mol. The third-order valence-corrected chi connectivity index (χ3v) is 4.46. The lowest BCUT2D eigenvalue weighted by Gasteiger charge is -2.26. The van der Waals surface area contributed by atoms with Crippen LogP contribution in [-0.2, 0) is 5.41 Å². The van der Waals surface area contributed by atoms with Crippen LogP contribution in [0.25, 0.3) is 11.0 Å². The number of amides is 1. The summed E-state index contributed by atoms with van der Waals surface area (Å²) in [5, 5.41) is 2.93. The van der Waals surface area contributed by atoms with Gasteiger partial charge in [-0.3, -0.25) is 4.79 Å². The molecular weight excluding hydrogens is 336 g/mol. The van der Waals surface area contributed by atoms with Gasteiger partial charge in [0, 0.05) is 17.5 Å². The highest BCUT2D eigenvalue weighted by atomic mass is 19.3. The summed E-state index contributed by atoms with van der Waals surface area (Å²) >= 11 is 0. The maximum Gasteiger partial charge on any atom is 0.295 e. The van der Waals surface area contributed by atoms with Gasteiger partial charge in [-0.05, 0) is 30.7 Å². The van der Waals surface area contributed by atoms with Crippen molar-refractivity contribution in [3.05, 3.63) is 65.0 Å². The van der Waals surface area contributed by atoms with Crippen LogP contribution in [0, 0.1) is 6.92 Å². The Morgan fingerprint density at radius 2 is 2.00 bits per heavy atom. The van der Waals surface area contributed by atoms with E-state index in [0.29, 0.717) is 23.1 Å². The molecule has 6 heteroatoms. The van der Waals surface area contributed by atoms with Gasteiger partial charge in [0.05, 0.1) is 11.0 Å². The van der Waals surface area contributed by atoms with Crippen molar-refractivity contribution >= 4 is 16.9 Å². The van der Waals surface area contributed by atoms with Crippen LogP contribution in [-0.4, -0.2) is 22.4 Å². The molecule has 0 aliphatic carbocycles. The van der Waals surface area contributed by atoms with Crippen LogP contribution in [0.15, 0.2) is 42.5 Å². The molecule has 4 nitrogen and oxygen atoms in total. The molecule has 26 heavy (non-hydrogen) atoms. The first kappa shape index (κ1) is 18.0. The zero-order valence-electron chi connectivity index (χ0n) is 14.9. The molecule has 0 saturated heterocycles. The van der Waals surface area contributed by atoms with E-state index in [1.807, 2.05) is 25.1 Å². The van der Waals surface area contributed by atoms with E-state index in [4.69, 9.17) is 0 Å². The summed E-state index contributed by atoms with van der Waals surface area (Å²) in [6, 6.07) is 12.9. The lowest BCUT2D eigenvalue weighted by atomic mass is 9.84. The Hall–Kier alpha value is -2.76. The predicted molar refractivity (Wildman–Crippen MR) is 97.6 cm³/mol. The minimum Gasteiger partial charge on any atom is -0.351 e. The predicted octanol–water partition coefficient (Wildman–Crippen LogP) is 4.52. The molecular formula is C20H21F2N3O. The van der Waals surface area contributed by atoms with E-state index in [-0.39, 0.29) is 11.3 Å². The van der Waals surface area contributed by atoms with Crippen molar-refractivity contribution in [1.29, 1.82) is 0 Å². The second-order valence-electron chi connectivity index (χ2n) is 7.09. The standard InChI is InChI=1S/C20H21F2N3O/c1-12-5-4-6-14(9-12)20(2,3)11-23-19(26)13-7-8-15-16(10-13)25-18(24-15)17(21)22/h4-10,17H,11H2,1-3H3,(H,23,26)(H,24,25). The maximum absolute atomic E-state index is 12.7. The number of nitrogens with zero attached hydrogens (tertiary/aromatic N) is 1. The quantitative estimate of drug-likeness (QED) is 0.705. The molecule has 0 spiro atoms. The molecule has 1 amide bonds. The van der Waals surface area contributed by atoms with Crippen LogP contribution in [0.5, 0.6) is 0 Å². The Kier molecular flexibility index (Phi) is 4.76. The number of carbonyl (C=O) groups is 1. The van der Waals surface area contributed by atoms with Crippen molar-refractivity contribution < 1.29 is 13.6 Å². The van der Waals surface area contributed by atoms with Gasteiger partial charge >= 0.3 is 0 Å². The van der Waals surface area contributed by atoms with E-state index in [1.54, 1.807) is 18.2 Å². The number of rotatable bonds is 5. The second kappa shape index (κ2) is 6.86. The Morgan fingerprint density at radius 3 is 2.69 bits per heavy atom. The number of aryl methyl sites for hydroxylation is 1. The van der Waals surface area contributed by atoms with Gasteiger partial charge in [0.15, 0.2) is 5.82 Å². The molecule has 0 saturated carbocycles. The van der Waals surface area contributed by atoms with Crippen LogP contribution >= 0.6 is 0 Å². The van der Waals surface area contributed by atoms with Gasteiger partial charge in [-0.1, -0.05) is 43.7 Å². The van der Waals surface area contributed by atoms with E-state index in [1.165, 1.54) is 5.56 Å². The fourth-order valence-electron chi connectivity index (χ4n) is 2.85. The minimum atomic E-state index is -2.67. The summed E-state index contributed by atoms with van der Waals surface area (Å²) in [5.74, 6) is -0.640. The molecule has 1 aromatic heterocycles. The van der Waals surface area contributed by atoms with E-state index in [2.05, 4.69) is 35.2 Å². The van der Waals surface area contributed by atoms with Gasteiger partial charge in [0.25, 0.3) is 12.3 Å². The van der Waals surface area contributed by atoms with Gasteiger partial charge < -0.3 is 10.3 Å². The highest BCUT2D eigenvalue weighted by molar-refractivity contribution is 5.97. The van der Waals surface area contributed by atoms with Crippen molar-refractivity contribution in [2.75, 3.05) is 6.54 Å². The molecule has 2 aromatic carbocycles. The Morgan fingerprint density at radius 1 is 1.23 bits per heavy atom. The fourth-order valence-corrected chi connectivity index (χ4v) is 2.85. The van der Waals surface area contributed by atoms with Crippen LogP contribution in [0.1, 0.15) is 47.6 Å². The zero-order chi connectivity index (χ0) is 18.9. The van der Waals surface area contributed by atoms with Gasteiger partial charge in [-0.15, -0.1) is 0 Å². The smallest absolute Gasteiger partial charge is 0.295 e. The summed E-state index contributed by atoms with van der Waals surface area (Å²) in [4.78, 5) is 18.8. The molecule has 0 fully saturated rings. The molecule has 2 N–H and O–H groups in total. The molecule has 0 atom stereocenters. The lowest BCUT2D eigenvalue weighted by molar-refractivity contribution is 0.0945. The molecule has 0 aliphatic heterocycles. The summed E-state index contributed by atoms with van der Waals surface area (Å²) in [6.07, 6.45) is -2.67. The summed E-state index contributed by atoms with van der Waals surface area (Å²) in [6.45, 7) is 6.62. The van der Waals surface area contributed by atoms with E-state index in [9.17, 15) is 13.6 Å². The summed E-state index contributed by atoms with van der Waals surface area (Å²) < 4.78 is 25.5. The number of imidazole rings is 1. The average Bonchev–Trinajstić information content (AvgIpc) is 3.03. The van der Waals surface area contributed by atoms with Crippen molar-refractivity contribution in [2.24, 2.45) is 0 Å². The number of aromatic amines is 1. The number of carbonyl (C=O) groups excluding carboxylic acids is 1. The molecule has 0 bridgehead atoms. The fraction of sp³-hybridized carbons (Fsp3) is 0.300. The van der Waals surface area contributed by atoms with Crippen LogP contribution < -0.4 is 5.32 Å². The van der Waals surface area contributed by atoms with E-state index in [0.717, 1.165) is 5.56 Å². The lowest BCUT2D eigenvalue weighted by Crippen LogP contribution is -2.36. The third kappa shape index (κ3) is 3.74. The largest absolute Gasteiger partial charge is 0.351 e. The first-order chi connectivity index (χ1) is 12.3. The zero-order valence-corrected chi connectivity index (χ0v) is 14.9. The first-order valence-corrected chi connectivity index (χ1v) is 8.39. The number of benzene rings is 2. The number of aromatic nitrogens is 2.